The van der Waals surface area contributed by atoms with Gasteiger partial charge >= 0.3 is 5.97 Å². The molecule has 4 aromatic carbocycles. The first-order valence-electron chi connectivity index (χ1n) is 10.6. The van der Waals surface area contributed by atoms with Crippen LogP contribution in [0, 0.1) is 0 Å². The number of pyridine rings is 1. The number of benzene rings is 4. The summed E-state index contributed by atoms with van der Waals surface area (Å²) in [6.07, 6.45) is 3.70. The fraction of sp³-hybridized carbons (Fsp3) is 0.107. The number of hydrogen-bond donors (Lipinski definition) is 1. The van der Waals surface area contributed by atoms with E-state index in [-0.39, 0.29) is 0 Å². The molecule has 4 heteroatoms. The summed E-state index contributed by atoms with van der Waals surface area (Å²) in [4.78, 5) is 26.4. The molecule has 32 heavy (non-hydrogen) atoms. The molecule has 0 bridgehead atoms. The van der Waals surface area contributed by atoms with Gasteiger partial charge in [-0.25, -0.2) is 4.79 Å². The van der Waals surface area contributed by atoms with Crippen molar-refractivity contribution in [3.05, 3.63) is 102 Å². The van der Waals surface area contributed by atoms with Crippen LogP contribution in [0.25, 0.3) is 32.4 Å². The van der Waals surface area contributed by atoms with E-state index in [9.17, 15) is 9.59 Å². The standard InChI is InChI=1S/C18H14O.C10H7NO2/c19-14-7-10-16-13(11-14)6-9-17-15-4-2-1-3-12(15)5-8-18(16)17;12-10(13)8-5-6-11-9-4-2-1-3-7(8)9/h1-6,8-9H,7,10-11H2;1-6H,(H,12,13). The largest absolute Gasteiger partial charge is 0.478 e. The predicted octanol–water partition coefficient (Wildman–Crippen LogP) is 5.98. The Morgan fingerprint density at radius 1 is 0.750 bits per heavy atom. The maximum absolute atomic E-state index is 11.6. The van der Waals surface area contributed by atoms with Crippen molar-refractivity contribution in [3.63, 3.8) is 0 Å². The SMILES string of the molecule is O=C(O)c1ccnc2ccccc12.O=C1CCc2c(ccc3c2ccc2ccccc23)C1. The number of carboxylic acids is 1. The molecule has 1 heterocycles. The number of para-hydroxylation sites is 1. The highest BCUT2D eigenvalue weighted by Gasteiger charge is 2.18. The first-order valence-corrected chi connectivity index (χ1v) is 10.6. The number of fused-ring (bicyclic) bond motifs is 6. The van der Waals surface area contributed by atoms with Gasteiger partial charge < -0.3 is 5.11 Å². The van der Waals surface area contributed by atoms with Crippen molar-refractivity contribution in [3.8, 4) is 0 Å². The van der Waals surface area contributed by atoms with E-state index < -0.39 is 5.97 Å². The number of aryl methyl sites for hydroxylation is 1. The number of nitrogens with zero attached hydrogens (tertiary/aromatic N) is 1. The van der Waals surface area contributed by atoms with Crippen molar-refractivity contribution in [2.75, 3.05) is 0 Å². The number of carbonyl (C=O) groups excluding carboxylic acids is 1. The lowest BCUT2D eigenvalue weighted by atomic mass is 9.86. The highest BCUT2D eigenvalue weighted by atomic mass is 16.4. The molecule has 1 aliphatic carbocycles. The Kier molecular flexibility index (Phi) is 5.12. The first kappa shape index (κ1) is 19.9. The zero-order valence-electron chi connectivity index (χ0n) is 17.4. The van der Waals surface area contributed by atoms with Crippen LogP contribution in [-0.2, 0) is 17.6 Å². The number of ketones is 1. The maximum Gasteiger partial charge on any atom is 0.336 e. The molecule has 156 valence electrons. The molecule has 0 atom stereocenters. The van der Waals surface area contributed by atoms with Crippen LogP contribution >= 0.6 is 0 Å². The molecule has 6 rings (SSSR count). The number of carboxylic acid groups (broad SMARTS) is 1. The van der Waals surface area contributed by atoms with Crippen molar-refractivity contribution in [1.29, 1.82) is 0 Å². The summed E-state index contributed by atoms with van der Waals surface area (Å²) < 4.78 is 0. The summed E-state index contributed by atoms with van der Waals surface area (Å²) in [6, 6.07) is 25.9. The van der Waals surface area contributed by atoms with Crippen molar-refractivity contribution in [2.45, 2.75) is 19.3 Å². The molecule has 0 aliphatic heterocycles. The Bertz CT molecular complexity index is 1500. The van der Waals surface area contributed by atoms with Gasteiger partial charge in [-0.05, 0) is 51.2 Å². The molecular weight excluding hydrogens is 398 g/mol. The number of rotatable bonds is 1. The van der Waals surface area contributed by atoms with Crippen LogP contribution in [0.15, 0.2) is 85.1 Å². The van der Waals surface area contributed by atoms with Crippen molar-refractivity contribution < 1.29 is 14.7 Å². The molecule has 0 amide bonds. The predicted molar refractivity (Wildman–Crippen MR) is 127 cm³/mol. The van der Waals surface area contributed by atoms with Gasteiger partial charge in [0, 0.05) is 24.4 Å². The zero-order chi connectivity index (χ0) is 22.1. The van der Waals surface area contributed by atoms with E-state index in [1.54, 1.807) is 18.2 Å². The minimum atomic E-state index is -0.918. The van der Waals surface area contributed by atoms with Crippen LogP contribution in [-0.4, -0.2) is 21.8 Å². The van der Waals surface area contributed by atoms with E-state index in [4.69, 9.17) is 5.11 Å². The maximum atomic E-state index is 11.6. The molecular formula is C28H21NO3. The van der Waals surface area contributed by atoms with E-state index in [1.165, 1.54) is 44.9 Å². The number of carbonyl (C=O) groups is 2. The quantitative estimate of drug-likeness (QED) is 0.339. The Morgan fingerprint density at radius 2 is 1.50 bits per heavy atom. The molecule has 0 spiro atoms. The first-order chi connectivity index (χ1) is 15.6. The van der Waals surface area contributed by atoms with Gasteiger partial charge in [0.15, 0.2) is 0 Å². The van der Waals surface area contributed by atoms with Crippen molar-refractivity contribution in [2.24, 2.45) is 0 Å². The van der Waals surface area contributed by atoms with E-state index in [0.29, 0.717) is 35.1 Å². The third kappa shape index (κ3) is 3.60. The summed E-state index contributed by atoms with van der Waals surface area (Å²) in [6.45, 7) is 0. The van der Waals surface area contributed by atoms with Gasteiger partial charge in [-0.1, -0.05) is 66.7 Å². The summed E-state index contributed by atoms with van der Waals surface area (Å²) >= 11 is 0. The fourth-order valence-corrected chi connectivity index (χ4v) is 4.50. The average Bonchev–Trinajstić information content (AvgIpc) is 2.83. The number of hydrogen-bond acceptors (Lipinski definition) is 3. The topological polar surface area (TPSA) is 67.3 Å². The minimum Gasteiger partial charge on any atom is -0.478 e. The number of aromatic nitrogens is 1. The third-order valence-electron chi connectivity index (χ3n) is 6.06. The van der Waals surface area contributed by atoms with Crippen molar-refractivity contribution in [1.82, 2.24) is 4.98 Å². The summed E-state index contributed by atoms with van der Waals surface area (Å²) in [7, 11) is 0. The smallest absolute Gasteiger partial charge is 0.336 e. The van der Waals surface area contributed by atoms with Gasteiger partial charge in [-0.3, -0.25) is 9.78 Å². The van der Waals surface area contributed by atoms with Crippen LogP contribution < -0.4 is 0 Å². The van der Waals surface area contributed by atoms with Gasteiger partial charge in [-0.2, -0.15) is 0 Å². The number of Topliss-reactive ketones (excluding diaryl/α,β-unsaturated/α-hetero) is 1. The van der Waals surface area contributed by atoms with Crippen LogP contribution in [0.3, 0.4) is 0 Å². The highest BCUT2D eigenvalue weighted by Crippen LogP contribution is 2.32. The lowest BCUT2D eigenvalue weighted by molar-refractivity contribution is -0.118. The Morgan fingerprint density at radius 3 is 2.34 bits per heavy atom. The lowest BCUT2D eigenvalue weighted by Crippen LogP contribution is -2.13. The average molecular weight is 419 g/mol. The van der Waals surface area contributed by atoms with Gasteiger partial charge in [0.25, 0.3) is 0 Å². The van der Waals surface area contributed by atoms with Crippen LogP contribution in [0.1, 0.15) is 27.9 Å². The summed E-state index contributed by atoms with van der Waals surface area (Å²) in [5, 5.41) is 14.8. The molecule has 0 radical (unpaired) electrons. The van der Waals surface area contributed by atoms with E-state index in [2.05, 4.69) is 53.5 Å². The second-order valence-electron chi connectivity index (χ2n) is 7.98. The third-order valence-corrected chi connectivity index (χ3v) is 6.06. The second-order valence-corrected chi connectivity index (χ2v) is 7.98. The molecule has 5 aromatic rings. The van der Waals surface area contributed by atoms with Gasteiger partial charge in [0.1, 0.15) is 5.78 Å². The molecule has 0 saturated carbocycles. The number of aromatic carboxylic acids is 1. The lowest BCUT2D eigenvalue weighted by Gasteiger charge is -2.18. The molecule has 0 saturated heterocycles. The Balaban J connectivity index is 0.000000146. The van der Waals surface area contributed by atoms with Crippen LogP contribution in [0.4, 0.5) is 0 Å². The van der Waals surface area contributed by atoms with Crippen LogP contribution in [0.2, 0.25) is 0 Å². The molecule has 1 N–H and O–H groups in total. The monoisotopic (exact) mass is 419 g/mol. The van der Waals surface area contributed by atoms with Gasteiger partial charge in [-0.15, -0.1) is 0 Å². The normalized spacial score (nSPS) is 12.9. The fourth-order valence-electron chi connectivity index (χ4n) is 4.50. The molecule has 4 nitrogen and oxygen atoms in total. The van der Waals surface area contributed by atoms with Crippen molar-refractivity contribution >= 4 is 44.2 Å². The second kappa shape index (κ2) is 8.23. The Labute approximate surface area is 185 Å². The van der Waals surface area contributed by atoms with E-state index in [0.717, 1.165) is 6.42 Å². The van der Waals surface area contributed by atoms with E-state index in [1.807, 2.05) is 6.07 Å². The molecule has 1 aromatic heterocycles. The molecule has 0 unspecified atom stereocenters. The highest BCUT2D eigenvalue weighted by molar-refractivity contribution is 6.09. The van der Waals surface area contributed by atoms with Gasteiger partial charge in [0.05, 0.1) is 11.1 Å². The molecule has 0 fully saturated rings. The minimum absolute atomic E-state index is 0.297. The zero-order valence-corrected chi connectivity index (χ0v) is 17.4. The van der Waals surface area contributed by atoms with E-state index >= 15 is 0 Å². The Hall–Kier alpha value is -4.05. The summed E-state index contributed by atoms with van der Waals surface area (Å²) in [5.74, 6) is -0.550. The molecule has 1 aliphatic rings. The van der Waals surface area contributed by atoms with Crippen LogP contribution in [0.5, 0.6) is 0 Å². The van der Waals surface area contributed by atoms with Gasteiger partial charge in [0.2, 0.25) is 0 Å². The summed E-state index contributed by atoms with van der Waals surface area (Å²) in [5.41, 5.74) is 3.61.